The molecule has 134 valence electrons. The second kappa shape index (κ2) is 6.53. The molecule has 0 bridgehead atoms. The minimum absolute atomic E-state index is 0.0294. The molecule has 0 spiro atoms. The minimum atomic E-state index is -0.509. The zero-order chi connectivity index (χ0) is 19.0. The molecule has 0 unspecified atom stereocenters. The lowest BCUT2D eigenvalue weighted by molar-refractivity contribution is 0.101. The van der Waals surface area contributed by atoms with Crippen LogP contribution in [-0.2, 0) is 0 Å². The van der Waals surface area contributed by atoms with Gasteiger partial charge in [-0.25, -0.2) is 14.4 Å². The van der Waals surface area contributed by atoms with Gasteiger partial charge in [-0.05, 0) is 37.3 Å². The van der Waals surface area contributed by atoms with Crippen LogP contribution >= 0.6 is 0 Å². The highest BCUT2D eigenvalue weighted by atomic mass is 19.1. The summed E-state index contributed by atoms with van der Waals surface area (Å²) >= 11 is 0. The number of halogens is 1. The third kappa shape index (κ3) is 2.99. The fraction of sp³-hybridized carbons (Fsp3) is 0.0500. The predicted molar refractivity (Wildman–Crippen MR) is 100 cm³/mol. The third-order valence-corrected chi connectivity index (χ3v) is 4.09. The van der Waals surface area contributed by atoms with E-state index in [1.54, 1.807) is 36.7 Å². The SMILES string of the molecule is CC(=O)c1c(Nc2ccccc2F)oc(C=C2C=Nc3ncccc32)c1O. The average Bonchev–Trinajstić information content (AvgIpc) is 3.19. The van der Waals surface area contributed by atoms with Gasteiger partial charge < -0.3 is 14.8 Å². The van der Waals surface area contributed by atoms with Crippen LogP contribution in [0.4, 0.5) is 21.8 Å². The predicted octanol–water partition coefficient (Wildman–Crippen LogP) is 4.72. The standard InChI is InChI=1S/C20H14FN3O3/c1-11(25)17-18(26)16(9-12-10-23-19-13(12)5-4-8-22-19)27-20(17)24-15-7-3-2-6-14(15)21/h2-10,24,26H,1H3. The number of anilines is 2. The maximum Gasteiger partial charge on any atom is 0.212 e. The summed E-state index contributed by atoms with van der Waals surface area (Å²) in [5, 5.41) is 13.2. The van der Waals surface area contributed by atoms with Crippen LogP contribution in [0.3, 0.4) is 0 Å². The van der Waals surface area contributed by atoms with Gasteiger partial charge in [0.2, 0.25) is 5.88 Å². The first-order valence-corrected chi connectivity index (χ1v) is 8.14. The number of ketones is 1. The number of Topliss-reactive ketones (excluding diaryl/α,β-unsaturated/α-hetero) is 1. The number of aromatic nitrogens is 1. The summed E-state index contributed by atoms with van der Waals surface area (Å²) in [5.41, 5.74) is 1.53. The van der Waals surface area contributed by atoms with E-state index in [-0.39, 0.29) is 28.6 Å². The normalized spacial score (nSPS) is 13.8. The van der Waals surface area contributed by atoms with E-state index in [1.165, 1.54) is 19.1 Å². The summed E-state index contributed by atoms with van der Waals surface area (Å²) in [4.78, 5) is 20.3. The van der Waals surface area contributed by atoms with Crippen LogP contribution in [0.15, 0.2) is 52.0 Å². The molecule has 0 aliphatic carbocycles. The highest BCUT2D eigenvalue weighted by Gasteiger charge is 2.24. The first-order valence-electron chi connectivity index (χ1n) is 8.14. The number of aromatic hydroxyl groups is 1. The van der Waals surface area contributed by atoms with Crippen molar-refractivity contribution < 1.29 is 18.7 Å². The maximum atomic E-state index is 13.9. The van der Waals surface area contributed by atoms with E-state index in [0.717, 1.165) is 5.56 Å². The van der Waals surface area contributed by atoms with Gasteiger partial charge >= 0.3 is 0 Å². The van der Waals surface area contributed by atoms with E-state index in [2.05, 4.69) is 15.3 Å². The van der Waals surface area contributed by atoms with Crippen molar-refractivity contribution in [3.63, 3.8) is 0 Å². The number of furan rings is 1. The number of nitrogens with zero attached hydrogens (tertiary/aromatic N) is 2. The summed E-state index contributed by atoms with van der Waals surface area (Å²) in [7, 11) is 0. The van der Waals surface area contributed by atoms with Crippen LogP contribution in [0.1, 0.15) is 28.6 Å². The Morgan fingerprint density at radius 2 is 2.07 bits per heavy atom. The topological polar surface area (TPSA) is 87.7 Å². The van der Waals surface area contributed by atoms with E-state index < -0.39 is 11.6 Å². The number of hydrogen-bond donors (Lipinski definition) is 2. The molecule has 3 heterocycles. The number of carbonyl (C=O) groups excluding carboxylic acids is 1. The number of fused-ring (bicyclic) bond motifs is 1. The van der Waals surface area contributed by atoms with Crippen molar-refractivity contribution in [1.82, 2.24) is 4.98 Å². The Morgan fingerprint density at radius 3 is 2.85 bits per heavy atom. The van der Waals surface area contributed by atoms with Crippen molar-refractivity contribution in [2.75, 3.05) is 5.32 Å². The summed E-state index contributed by atoms with van der Waals surface area (Å²) in [5.74, 6) is -0.644. The van der Waals surface area contributed by atoms with Gasteiger partial charge in [0, 0.05) is 23.5 Å². The van der Waals surface area contributed by atoms with Gasteiger partial charge in [0.25, 0.3) is 0 Å². The molecular weight excluding hydrogens is 349 g/mol. The van der Waals surface area contributed by atoms with Crippen LogP contribution in [0.2, 0.25) is 0 Å². The van der Waals surface area contributed by atoms with E-state index in [1.807, 2.05) is 6.07 Å². The molecule has 0 saturated carbocycles. The maximum absolute atomic E-state index is 13.9. The fourth-order valence-corrected chi connectivity index (χ4v) is 2.82. The lowest BCUT2D eigenvalue weighted by Crippen LogP contribution is -1.98. The molecule has 6 nitrogen and oxygen atoms in total. The molecule has 0 saturated heterocycles. The monoisotopic (exact) mass is 363 g/mol. The number of benzene rings is 1. The number of rotatable bonds is 4. The van der Waals surface area contributed by atoms with Gasteiger partial charge in [-0.2, -0.15) is 0 Å². The Labute approximate surface area is 153 Å². The highest BCUT2D eigenvalue weighted by molar-refractivity contribution is 6.21. The summed E-state index contributed by atoms with van der Waals surface area (Å²) < 4.78 is 19.6. The number of aliphatic imine (C=N–C) groups is 1. The second-order valence-electron chi connectivity index (χ2n) is 5.91. The smallest absolute Gasteiger partial charge is 0.212 e. The Morgan fingerprint density at radius 1 is 1.26 bits per heavy atom. The molecule has 0 amide bonds. The summed E-state index contributed by atoms with van der Waals surface area (Å²) in [6, 6.07) is 9.58. The number of hydrogen-bond acceptors (Lipinski definition) is 6. The summed E-state index contributed by atoms with van der Waals surface area (Å²) in [6.45, 7) is 1.30. The van der Waals surface area contributed by atoms with Crippen molar-refractivity contribution in [3.8, 4) is 5.75 Å². The highest BCUT2D eigenvalue weighted by Crippen LogP contribution is 2.39. The van der Waals surface area contributed by atoms with Gasteiger partial charge in [0.15, 0.2) is 23.1 Å². The van der Waals surface area contributed by atoms with Gasteiger partial charge in [-0.15, -0.1) is 0 Å². The number of pyridine rings is 1. The van der Waals surface area contributed by atoms with Crippen LogP contribution in [0, 0.1) is 5.82 Å². The van der Waals surface area contributed by atoms with Crippen LogP contribution in [0.25, 0.3) is 11.6 Å². The van der Waals surface area contributed by atoms with Gasteiger partial charge in [0.1, 0.15) is 11.4 Å². The molecule has 1 aromatic carbocycles. The van der Waals surface area contributed by atoms with Crippen molar-refractivity contribution in [1.29, 1.82) is 0 Å². The Balaban J connectivity index is 1.78. The van der Waals surface area contributed by atoms with Crippen LogP contribution < -0.4 is 5.32 Å². The van der Waals surface area contributed by atoms with E-state index in [4.69, 9.17) is 4.42 Å². The summed E-state index contributed by atoms with van der Waals surface area (Å²) in [6.07, 6.45) is 4.79. The number of allylic oxidation sites excluding steroid dienone is 1. The quantitative estimate of drug-likeness (QED) is 0.655. The molecule has 7 heteroatoms. The molecule has 2 N–H and O–H groups in total. The van der Waals surface area contributed by atoms with Gasteiger partial charge in [-0.1, -0.05) is 12.1 Å². The molecule has 2 aromatic heterocycles. The zero-order valence-corrected chi connectivity index (χ0v) is 14.2. The molecule has 3 aromatic rings. The molecule has 1 aliphatic rings. The first-order chi connectivity index (χ1) is 13.0. The molecule has 1 aliphatic heterocycles. The van der Waals surface area contributed by atoms with E-state index in [0.29, 0.717) is 11.4 Å². The molecule has 0 atom stereocenters. The molecule has 27 heavy (non-hydrogen) atoms. The molecular formula is C20H14FN3O3. The average molecular weight is 363 g/mol. The van der Waals surface area contributed by atoms with Crippen molar-refractivity contribution in [3.05, 3.63) is 65.3 Å². The lowest BCUT2D eigenvalue weighted by atomic mass is 10.1. The molecule has 4 rings (SSSR count). The van der Waals surface area contributed by atoms with Crippen molar-refractivity contribution in [2.45, 2.75) is 6.92 Å². The minimum Gasteiger partial charge on any atom is -0.504 e. The first kappa shape index (κ1) is 16.7. The lowest BCUT2D eigenvalue weighted by Gasteiger charge is -2.05. The van der Waals surface area contributed by atoms with Gasteiger partial charge in [0.05, 0.1) is 5.69 Å². The third-order valence-electron chi connectivity index (χ3n) is 4.09. The van der Waals surface area contributed by atoms with Crippen LogP contribution in [-0.4, -0.2) is 22.1 Å². The van der Waals surface area contributed by atoms with Crippen molar-refractivity contribution in [2.24, 2.45) is 4.99 Å². The second-order valence-corrected chi connectivity index (χ2v) is 5.91. The van der Waals surface area contributed by atoms with Gasteiger partial charge in [-0.3, -0.25) is 4.79 Å². The van der Waals surface area contributed by atoms with Crippen LogP contribution in [0.5, 0.6) is 5.75 Å². The molecule has 0 fully saturated rings. The fourth-order valence-electron chi connectivity index (χ4n) is 2.82. The number of carbonyl (C=O) groups is 1. The van der Waals surface area contributed by atoms with E-state index in [9.17, 15) is 14.3 Å². The molecule has 0 radical (unpaired) electrons. The van der Waals surface area contributed by atoms with Crippen molar-refractivity contribution >= 4 is 41.0 Å². The Bertz CT molecular complexity index is 1120. The number of nitrogens with one attached hydrogen (secondary N) is 1. The Hall–Kier alpha value is -3.74. The Kier molecular flexibility index (Phi) is 4.04. The number of para-hydroxylation sites is 1. The zero-order valence-electron chi connectivity index (χ0n) is 14.2. The largest absolute Gasteiger partial charge is 0.504 e. The van der Waals surface area contributed by atoms with E-state index >= 15 is 0 Å².